The van der Waals surface area contributed by atoms with Gasteiger partial charge in [0.05, 0.1) is 0 Å². The number of carbonyl (C=O) groups is 1. The van der Waals surface area contributed by atoms with Crippen molar-refractivity contribution in [1.82, 2.24) is 15.2 Å². The highest BCUT2D eigenvalue weighted by molar-refractivity contribution is 5.76. The van der Waals surface area contributed by atoms with Gasteiger partial charge in [0.25, 0.3) is 0 Å². The Kier molecular flexibility index (Phi) is 3.68. The fourth-order valence-corrected chi connectivity index (χ4v) is 1.88. The normalized spacial score (nSPS) is 17.0. The highest BCUT2D eigenvalue weighted by Gasteiger charge is 2.14. The second kappa shape index (κ2) is 5.41. The van der Waals surface area contributed by atoms with E-state index in [2.05, 4.69) is 21.3 Å². The summed E-state index contributed by atoms with van der Waals surface area (Å²) < 4.78 is 0. The van der Waals surface area contributed by atoms with Gasteiger partial charge >= 0.3 is 0 Å². The highest BCUT2D eigenvalue weighted by atomic mass is 16.1. The van der Waals surface area contributed by atoms with Crippen LogP contribution in [0.3, 0.4) is 0 Å². The number of hydrogen-bond acceptors (Lipinski definition) is 4. The molecule has 88 valence electrons. The molecular weight excluding hydrogens is 216 g/mol. The number of amides is 1. The summed E-state index contributed by atoms with van der Waals surface area (Å²) in [6, 6.07) is 5.83. The predicted molar refractivity (Wildman–Crippen MR) is 61.9 cm³/mol. The van der Waals surface area contributed by atoms with E-state index in [0.29, 0.717) is 25.2 Å². The zero-order valence-corrected chi connectivity index (χ0v) is 9.52. The molecule has 0 radical (unpaired) electrons. The lowest BCUT2D eigenvalue weighted by Gasteiger charge is -2.19. The molecule has 0 unspecified atom stereocenters. The lowest BCUT2D eigenvalue weighted by atomic mass is 10.2. The predicted octanol–water partition coefficient (Wildman–Crippen LogP) is 0.275. The Morgan fingerprint density at radius 3 is 3.24 bits per heavy atom. The molecule has 0 spiro atoms. The van der Waals surface area contributed by atoms with Gasteiger partial charge in [0.1, 0.15) is 11.8 Å². The Balaban J connectivity index is 2.05. The van der Waals surface area contributed by atoms with E-state index in [-0.39, 0.29) is 5.91 Å². The Morgan fingerprint density at radius 2 is 2.41 bits per heavy atom. The van der Waals surface area contributed by atoms with Crippen LogP contribution >= 0.6 is 0 Å². The zero-order valence-electron chi connectivity index (χ0n) is 9.52. The van der Waals surface area contributed by atoms with E-state index < -0.39 is 0 Å². The summed E-state index contributed by atoms with van der Waals surface area (Å²) in [6.07, 6.45) is 2.14. The highest BCUT2D eigenvalue weighted by Crippen LogP contribution is 2.09. The molecule has 5 nitrogen and oxygen atoms in total. The second-order valence-corrected chi connectivity index (χ2v) is 4.00. The van der Waals surface area contributed by atoms with Crippen molar-refractivity contribution in [1.29, 1.82) is 5.26 Å². The summed E-state index contributed by atoms with van der Waals surface area (Å²) >= 11 is 0. The minimum atomic E-state index is 0.0965. The van der Waals surface area contributed by atoms with Crippen molar-refractivity contribution in [3.63, 3.8) is 0 Å². The first-order valence-corrected chi connectivity index (χ1v) is 5.62. The van der Waals surface area contributed by atoms with Crippen molar-refractivity contribution >= 4 is 5.91 Å². The molecule has 1 aromatic heterocycles. The van der Waals surface area contributed by atoms with Crippen LogP contribution in [0.5, 0.6) is 0 Å². The zero-order chi connectivity index (χ0) is 12.1. The smallest absolute Gasteiger partial charge is 0.221 e. The number of pyridine rings is 1. The lowest BCUT2D eigenvalue weighted by molar-refractivity contribution is -0.120. The molecule has 1 N–H and O–H groups in total. The molecule has 1 aliphatic rings. The molecule has 0 aliphatic carbocycles. The number of nitrogens with zero attached hydrogens (tertiary/aromatic N) is 3. The average Bonchev–Trinajstić information content (AvgIpc) is 2.55. The first kappa shape index (κ1) is 11.6. The summed E-state index contributed by atoms with van der Waals surface area (Å²) in [4.78, 5) is 17.4. The fraction of sp³-hybridized carbons (Fsp3) is 0.417. The average molecular weight is 230 g/mol. The molecule has 2 heterocycles. The van der Waals surface area contributed by atoms with Crippen LogP contribution in [-0.2, 0) is 11.3 Å². The molecule has 1 fully saturated rings. The Morgan fingerprint density at radius 1 is 1.53 bits per heavy atom. The molecule has 0 aromatic carbocycles. The van der Waals surface area contributed by atoms with Gasteiger partial charge in [0.15, 0.2) is 0 Å². The number of rotatable bonds is 2. The molecule has 1 aromatic rings. The third-order valence-electron chi connectivity index (χ3n) is 2.80. The maximum absolute atomic E-state index is 11.2. The van der Waals surface area contributed by atoms with Gasteiger partial charge in [-0.15, -0.1) is 0 Å². The first-order chi connectivity index (χ1) is 8.29. The van der Waals surface area contributed by atoms with Crippen molar-refractivity contribution in [3.05, 3.63) is 29.6 Å². The van der Waals surface area contributed by atoms with E-state index in [0.717, 1.165) is 18.7 Å². The lowest BCUT2D eigenvalue weighted by Crippen LogP contribution is -2.28. The van der Waals surface area contributed by atoms with Crippen molar-refractivity contribution in [3.8, 4) is 6.07 Å². The van der Waals surface area contributed by atoms with E-state index >= 15 is 0 Å². The molecule has 1 amide bonds. The molecular formula is C12H14N4O. The number of aromatic nitrogens is 1. The van der Waals surface area contributed by atoms with Crippen LogP contribution in [0.15, 0.2) is 18.3 Å². The van der Waals surface area contributed by atoms with Gasteiger partial charge in [-0.2, -0.15) is 5.26 Å². The van der Waals surface area contributed by atoms with Gasteiger partial charge < -0.3 is 5.32 Å². The maximum atomic E-state index is 11.2. The second-order valence-electron chi connectivity index (χ2n) is 4.00. The van der Waals surface area contributed by atoms with Crippen LogP contribution in [0, 0.1) is 11.3 Å². The minimum Gasteiger partial charge on any atom is -0.355 e. The summed E-state index contributed by atoms with van der Waals surface area (Å²) in [6.45, 7) is 2.88. The van der Waals surface area contributed by atoms with E-state index in [1.54, 1.807) is 6.20 Å². The van der Waals surface area contributed by atoms with Gasteiger partial charge in [-0.3, -0.25) is 9.69 Å². The molecule has 5 heteroatoms. The molecule has 0 atom stereocenters. The van der Waals surface area contributed by atoms with Crippen LogP contribution in [-0.4, -0.2) is 35.4 Å². The van der Waals surface area contributed by atoms with Gasteiger partial charge in [-0.25, -0.2) is 4.98 Å². The SMILES string of the molecule is N#Cc1ncccc1CN1CCNC(=O)CC1. The van der Waals surface area contributed by atoms with Crippen molar-refractivity contribution in [2.24, 2.45) is 0 Å². The van der Waals surface area contributed by atoms with Gasteiger partial charge in [0.2, 0.25) is 5.91 Å². The summed E-state index contributed by atoms with van der Waals surface area (Å²) in [5.41, 5.74) is 1.39. The van der Waals surface area contributed by atoms with Gasteiger partial charge in [0, 0.05) is 44.4 Å². The van der Waals surface area contributed by atoms with Crippen molar-refractivity contribution in [2.75, 3.05) is 19.6 Å². The first-order valence-electron chi connectivity index (χ1n) is 5.62. The summed E-state index contributed by atoms with van der Waals surface area (Å²) in [5.74, 6) is 0.0965. The number of nitriles is 1. The van der Waals surface area contributed by atoms with Crippen molar-refractivity contribution in [2.45, 2.75) is 13.0 Å². The third-order valence-corrected chi connectivity index (χ3v) is 2.80. The van der Waals surface area contributed by atoms with Crippen LogP contribution < -0.4 is 5.32 Å². The topological polar surface area (TPSA) is 69.0 Å². The summed E-state index contributed by atoms with van der Waals surface area (Å²) in [7, 11) is 0. The molecule has 1 saturated heterocycles. The van der Waals surface area contributed by atoms with E-state index in [9.17, 15) is 4.79 Å². The number of hydrogen-bond donors (Lipinski definition) is 1. The maximum Gasteiger partial charge on any atom is 0.221 e. The minimum absolute atomic E-state index is 0.0965. The molecule has 0 saturated carbocycles. The fourth-order valence-electron chi connectivity index (χ4n) is 1.88. The Hall–Kier alpha value is -1.93. The third kappa shape index (κ3) is 3.02. The quantitative estimate of drug-likeness (QED) is 0.792. The van der Waals surface area contributed by atoms with Gasteiger partial charge in [-0.05, 0) is 6.07 Å². The van der Waals surface area contributed by atoms with E-state index in [4.69, 9.17) is 5.26 Å². The van der Waals surface area contributed by atoms with Crippen LogP contribution in [0.4, 0.5) is 0 Å². The van der Waals surface area contributed by atoms with Crippen LogP contribution in [0.2, 0.25) is 0 Å². The molecule has 1 aliphatic heterocycles. The van der Waals surface area contributed by atoms with Crippen molar-refractivity contribution < 1.29 is 4.79 Å². The van der Waals surface area contributed by atoms with Gasteiger partial charge in [-0.1, -0.05) is 6.07 Å². The molecule has 0 bridgehead atoms. The monoisotopic (exact) mass is 230 g/mol. The van der Waals surface area contributed by atoms with E-state index in [1.165, 1.54) is 0 Å². The van der Waals surface area contributed by atoms with Crippen LogP contribution in [0.25, 0.3) is 0 Å². The molecule has 2 rings (SSSR count). The summed E-state index contributed by atoms with van der Waals surface area (Å²) in [5, 5.41) is 11.8. The van der Waals surface area contributed by atoms with E-state index in [1.807, 2.05) is 12.1 Å². The number of nitrogens with one attached hydrogen (secondary N) is 1. The Labute approximate surface area is 100 Å². The Bertz CT molecular complexity index is 452. The molecule has 17 heavy (non-hydrogen) atoms. The number of carbonyl (C=O) groups excluding carboxylic acids is 1. The van der Waals surface area contributed by atoms with Crippen LogP contribution in [0.1, 0.15) is 17.7 Å². The standard InChI is InChI=1S/C12H14N4O/c13-8-11-10(2-1-4-14-11)9-16-6-3-12(17)15-5-7-16/h1-2,4H,3,5-7,9H2,(H,15,17). The largest absolute Gasteiger partial charge is 0.355 e.